The van der Waals surface area contributed by atoms with Crippen LogP contribution in [-0.2, 0) is 16.4 Å². The molecule has 0 heterocycles. The number of rotatable bonds is 6. The number of amidine groups is 1. The molecule has 6 nitrogen and oxygen atoms in total. The number of hydrogen-bond acceptors (Lipinski definition) is 5. The quantitative estimate of drug-likeness (QED) is 0.346. The summed E-state index contributed by atoms with van der Waals surface area (Å²) in [7, 11) is -1.07. The Morgan fingerprint density at radius 1 is 1.45 bits per heavy atom. The summed E-state index contributed by atoms with van der Waals surface area (Å²) >= 11 is 0. The van der Waals surface area contributed by atoms with E-state index in [1.807, 2.05) is 31.0 Å². The predicted molar refractivity (Wildman–Crippen MR) is 79.7 cm³/mol. The maximum atomic E-state index is 11.1. The summed E-state index contributed by atoms with van der Waals surface area (Å²) in [4.78, 5) is 1.95. The fourth-order valence-corrected chi connectivity index (χ4v) is 2.43. The van der Waals surface area contributed by atoms with Crippen LogP contribution in [0.2, 0.25) is 0 Å². The number of oxime groups is 1. The van der Waals surface area contributed by atoms with Crippen LogP contribution in [-0.4, -0.2) is 50.0 Å². The Labute approximate surface area is 119 Å². The van der Waals surface area contributed by atoms with E-state index in [0.717, 1.165) is 11.1 Å². The van der Waals surface area contributed by atoms with E-state index in [1.165, 1.54) is 6.26 Å². The molecule has 0 spiro atoms. The molecule has 0 aliphatic heterocycles. The molecular weight excluding hydrogens is 278 g/mol. The smallest absolute Gasteiger partial charge is 0.170 e. The van der Waals surface area contributed by atoms with Gasteiger partial charge in [0.15, 0.2) is 5.84 Å². The molecule has 0 saturated carbocycles. The first-order chi connectivity index (χ1) is 9.23. The van der Waals surface area contributed by atoms with Gasteiger partial charge in [-0.2, -0.15) is 0 Å². The SMILES string of the molecule is Cc1cc(/C(N)=N/O)ccc1CN(C)CCS(C)(=O)=O. The number of aryl methyl sites for hydroxylation is 1. The molecule has 0 atom stereocenters. The van der Waals surface area contributed by atoms with E-state index in [4.69, 9.17) is 10.9 Å². The summed E-state index contributed by atoms with van der Waals surface area (Å²) in [5.74, 6) is 0.218. The zero-order valence-electron chi connectivity index (χ0n) is 12.0. The Hall–Kier alpha value is -1.60. The standard InChI is InChI=1S/C13H21N3O3S/c1-10-8-11(13(14)15-17)4-5-12(10)9-16(2)6-7-20(3,18)19/h4-5,8,17H,6-7,9H2,1-3H3,(H2,14,15). The van der Waals surface area contributed by atoms with Gasteiger partial charge in [0.2, 0.25) is 0 Å². The molecule has 0 fully saturated rings. The average Bonchev–Trinajstić information content (AvgIpc) is 2.37. The second-order valence-corrected chi connectivity index (χ2v) is 7.25. The zero-order chi connectivity index (χ0) is 15.3. The second kappa shape index (κ2) is 6.71. The Balaban J connectivity index is 2.74. The Bertz CT molecular complexity index is 597. The predicted octanol–water partition coefficient (Wildman–Crippen LogP) is 0.566. The Kier molecular flexibility index (Phi) is 5.52. The lowest BCUT2D eigenvalue weighted by Gasteiger charge is -2.18. The molecule has 0 amide bonds. The average molecular weight is 299 g/mol. The van der Waals surface area contributed by atoms with Gasteiger partial charge in [0.1, 0.15) is 9.84 Å². The molecule has 0 aromatic heterocycles. The molecule has 0 saturated heterocycles. The molecule has 1 aromatic carbocycles. The maximum absolute atomic E-state index is 11.1. The van der Waals surface area contributed by atoms with Gasteiger partial charge in [-0.1, -0.05) is 17.3 Å². The number of benzene rings is 1. The van der Waals surface area contributed by atoms with Gasteiger partial charge in [0.25, 0.3) is 0 Å². The number of nitrogens with two attached hydrogens (primary N) is 1. The third-order valence-electron chi connectivity index (χ3n) is 3.03. The molecule has 1 aromatic rings. The second-order valence-electron chi connectivity index (χ2n) is 4.99. The van der Waals surface area contributed by atoms with Crippen LogP contribution in [0.1, 0.15) is 16.7 Å². The van der Waals surface area contributed by atoms with Crippen LogP contribution in [0.4, 0.5) is 0 Å². The first kappa shape index (κ1) is 16.5. The summed E-state index contributed by atoms with van der Waals surface area (Å²) in [5, 5.41) is 11.6. The Morgan fingerprint density at radius 3 is 2.60 bits per heavy atom. The molecule has 0 unspecified atom stereocenters. The normalized spacial score (nSPS) is 12.9. The van der Waals surface area contributed by atoms with Gasteiger partial charge in [0.05, 0.1) is 5.75 Å². The van der Waals surface area contributed by atoms with Crippen molar-refractivity contribution in [3.63, 3.8) is 0 Å². The van der Waals surface area contributed by atoms with Gasteiger partial charge in [-0.15, -0.1) is 0 Å². The Morgan fingerprint density at radius 2 is 2.10 bits per heavy atom. The van der Waals surface area contributed by atoms with Gasteiger partial charge in [-0.25, -0.2) is 8.42 Å². The summed E-state index contributed by atoms with van der Waals surface area (Å²) in [5.41, 5.74) is 8.29. The molecule has 112 valence electrons. The van der Waals surface area contributed by atoms with Crippen molar-refractivity contribution in [1.82, 2.24) is 4.90 Å². The van der Waals surface area contributed by atoms with Crippen LogP contribution in [0, 0.1) is 6.92 Å². The molecular formula is C13H21N3O3S. The molecule has 0 aliphatic rings. The van der Waals surface area contributed by atoms with E-state index < -0.39 is 9.84 Å². The first-order valence-corrected chi connectivity index (χ1v) is 8.22. The molecule has 0 bridgehead atoms. The number of sulfone groups is 1. The minimum atomic E-state index is -2.94. The number of hydrogen-bond donors (Lipinski definition) is 2. The molecule has 0 aliphatic carbocycles. The summed E-state index contributed by atoms with van der Waals surface area (Å²) in [6.07, 6.45) is 1.23. The van der Waals surface area contributed by atoms with Gasteiger partial charge < -0.3 is 15.8 Å². The lowest BCUT2D eigenvalue weighted by Crippen LogP contribution is -2.25. The van der Waals surface area contributed by atoms with Crippen LogP contribution >= 0.6 is 0 Å². The minimum Gasteiger partial charge on any atom is -0.409 e. The third-order valence-corrected chi connectivity index (χ3v) is 3.95. The first-order valence-electron chi connectivity index (χ1n) is 6.16. The summed E-state index contributed by atoms with van der Waals surface area (Å²) in [6.45, 7) is 3.08. The van der Waals surface area contributed by atoms with Crippen molar-refractivity contribution in [2.24, 2.45) is 10.9 Å². The molecule has 20 heavy (non-hydrogen) atoms. The summed E-state index contributed by atoms with van der Waals surface area (Å²) in [6, 6.07) is 5.52. The van der Waals surface area contributed by atoms with Crippen molar-refractivity contribution >= 4 is 15.7 Å². The van der Waals surface area contributed by atoms with E-state index in [0.29, 0.717) is 18.7 Å². The largest absolute Gasteiger partial charge is 0.409 e. The minimum absolute atomic E-state index is 0.0741. The van der Waals surface area contributed by atoms with Gasteiger partial charge in [-0.3, -0.25) is 0 Å². The fraction of sp³-hybridized carbons (Fsp3) is 0.462. The molecule has 3 N–H and O–H groups in total. The van der Waals surface area contributed by atoms with E-state index in [1.54, 1.807) is 6.07 Å². The van der Waals surface area contributed by atoms with Crippen molar-refractivity contribution < 1.29 is 13.6 Å². The van der Waals surface area contributed by atoms with Crippen LogP contribution in [0.25, 0.3) is 0 Å². The fourth-order valence-electron chi connectivity index (χ4n) is 1.78. The van der Waals surface area contributed by atoms with Crippen molar-refractivity contribution in [3.05, 3.63) is 34.9 Å². The van der Waals surface area contributed by atoms with Crippen molar-refractivity contribution in [1.29, 1.82) is 0 Å². The monoisotopic (exact) mass is 299 g/mol. The summed E-state index contributed by atoms with van der Waals surface area (Å²) < 4.78 is 22.3. The van der Waals surface area contributed by atoms with Crippen LogP contribution < -0.4 is 5.73 Å². The van der Waals surface area contributed by atoms with Gasteiger partial charge in [-0.05, 0) is 31.2 Å². The van der Waals surface area contributed by atoms with Gasteiger partial charge >= 0.3 is 0 Å². The number of nitrogens with zero attached hydrogens (tertiary/aromatic N) is 2. The van der Waals surface area contributed by atoms with E-state index in [9.17, 15) is 8.42 Å². The molecule has 1 rings (SSSR count). The van der Waals surface area contributed by atoms with E-state index in [2.05, 4.69) is 5.16 Å². The highest BCUT2D eigenvalue weighted by atomic mass is 32.2. The lowest BCUT2D eigenvalue weighted by atomic mass is 10.0. The zero-order valence-corrected chi connectivity index (χ0v) is 12.8. The van der Waals surface area contributed by atoms with Crippen LogP contribution in [0.5, 0.6) is 0 Å². The molecule has 0 radical (unpaired) electrons. The van der Waals surface area contributed by atoms with Crippen molar-refractivity contribution in [3.8, 4) is 0 Å². The van der Waals surface area contributed by atoms with E-state index >= 15 is 0 Å². The van der Waals surface area contributed by atoms with Gasteiger partial charge in [0, 0.05) is 24.9 Å². The maximum Gasteiger partial charge on any atom is 0.170 e. The molecule has 7 heteroatoms. The highest BCUT2D eigenvalue weighted by Gasteiger charge is 2.09. The third kappa shape index (κ3) is 5.18. The van der Waals surface area contributed by atoms with Crippen molar-refractivity contribution in [2.75, 3.05) is 25.6 Å². The van der Waals surface area contributed by atoms with Crippen LogP contribution in [0.3, 0.4) is 0 Å². The lowest BCUT2D eigenvalue weighted by molar-refractivity contribution is 0.318. The topological polar surface area (TPSA) is 96.0 Å². The highest BCUT2D eigenvalue weighted by molar-refractivity contribution is 7.90. The van der Waals surface area contributed by atoms with Crippen molar-refractivity contribution in [2.45, 2.75) is 13.5 Å². The van der Waals surface area contributed by atoms with E-state index in [-0.39, 0.29) is 11.6 Å². The van der Waals surface area contributed by atoms with Crippen LogP contribution in [0.15, 0.2) is 23.4 Å². The highest BCUT2D eigenvalue weighted by Crippen LogP contribution is 2.13.